The van der Waals surface area contributed by atoms with E-state index in [1.807, 2.05) is 10.6 Å². The quantitative estimate of drug-likeness (QED) is 0.615. The summed E-state index contributed by atoms with van der Waals surface area (Å²) in [5, 5.41) is 10.1. The van der Waals surface area contributed by atoms with Crippen LogP contribution in [0.15, 0.2) is 18.2 Å². The zero-order valence-corrected chi connectivity index (χ0v) is 19.2. The van der Waals surface area contributed by atoms with E-state index in [0.717, 1.165) is 16.6 Å². The van der Waals surface area contributed by atoms with Gasteiger partial charge in [-0.1, -0.05) is 47.6 Å². The lowest BCUT2D eigenvalue weighted by atomic mass is 10.1. The van der Waals surface area contributed by atoms with E-state index in [2.05, 4.69) is 58.7 Å². The molecule has 0 fully saturated rings. The Labute approximate surface area is 165 Å². The molecule has 0 radical (unpaired) electrons. The van der Waals surface area contributed by atoms with Gasteiger partial charge in [0.05, 0.1) is 29.8 Å². The molecule has 0 bridgehead atoms. The fraction of sp³-hybridized carbons (Fsp3) is 0.667. The summed E-state index contributed by atoms with van der Waals surface area (Å²) in [6, 6.07) is 6.18. The summed E-state index contributed by atoms with van der Waals surface area (Å²) in [4.78, 5) is 4.49. The molecule has 1 aromatic heterocycles. The molecule has 0 aliphatic rings. The standard InChI is InChI=1S/C21H37N3O2Si/c1-14(2)27(15(3)4,16(5)6)26-12-17-9-10-19-18(11-17)23-20(22)24(19)13-21(7,8)25/h9-11,14-16,25H,12-13H2,1-8H3,(H2,22,23). The Morgan fingerprint density at radius 3 is 2.15 bits per heavy atom. The molecule has 2 aromatic rings. The second-order valence-corrected chi connectivity index (χ2v) is 14.8. The molecule has 3 N–H and O–H groups in total. The van der Waals surface area contributed by atoms with E-state index in [1.165, 1.54) is 0 Å². The van der Waals surface area contributed by atoms with Crippen LogP contribution in [-0.4, -0.2) is 28.6 Å². The Bertz CT molecular complexity index is 754. The molecular formula is C21H37N3O2Si. The minimum atomic E-state index is -1.90. The van der Waals surface area contributed by atoms with Crippen molar-refractivity contribution in [2.24, 2.45) is 0 Å². The van der Waals surface area contributed by atoms with E-state index >= 15 is 0 Å². The zero-order chi connectivity index (χ0) is 20.6. The Morgan fingerprint density at radius 1 is 1.11 bits per heavy atom. The number of nitrogens with zero attached hydrogens (tertiary/aromatic N) is 2. The second kappa shape index (κ2) is 7.93. The van der Waals surface area contributed by atoms with Crippen molar-refractivity contribution in [2.45, 2.75) is 90.8 Å². The smallest absolute Gasteiger partial charge is 0.201 e. The minimum absolute atomic E-state index is 0.412. The molecule has 0 amide bonds. The van der Waals surface area contributed by atoms with Gasteiger partial charge in [-0.05, 0) is 48.2 Å². The third-order valence-electron chi connectivity index (χ3n) is 5.58. The maximum absolute atomic E-state index is 10.1. The van der Waals surface area contributed by atoms with Crippen LogP contribution in [0.2, 0.25) is 16.6 Å². The predicted octanol–water partition coefficient (Wildman–Crippen LogP) is 5.08. The lowest BCUT2D eigenvalue weighted by molar-refractivity contribution is 0.0633. The van der Waals surface area contributed by atoms with E-state index in [-0.39, 0.29) is 0 Å². The Balaban J connectivity index is 2.30. The SMILES string of the molecule is CC(C)[Si](OCc1ccc2c(c1)nc(N)n2CC(C)(C)O)(C(C)C)C(C)C. The van der Waals surface area contributed by atoms with Crippen molar-refractivity contribution in [1.82, 2.24) is 9.55 Å². The number of fused-ring (bicyclic) bond motifs is 1. The average molecular weight is 392 g/mol. The van der Waals surface area contributed by atoms with Gasteiger partial charge in [0.15, 0.2) is 0 Å². The summed E-state index contributed by atoms with van der Waals surface area (Å²) >= 11 is 0. The van der Waals surface area contributed by atoms with Crippen LogP contribution < -0.4 is 5.73 Å². The van der Waals surface area contributed by atoms with Gasteiger partial charge in [-0.3, -0.25) is 0 Å². The van der Waals surface area contributed by atoms with Gasteiger partial charge in [0.1, 0.15) is 0 Å². The number of rotatable bonds is 8. The number of aliphatic hydroxyl groups is 1. The fourth-order valence-corrected chi connectivity index (χ4v) is 9.96. The number of hydrogen-bond donors (Lipinski definition) is 2. The van der Waals surface area contributed by atoms with Crippen LogP contribution in [0.25, 0.3) is 11.0 Å². The molecule has 0 unspecified atom stereocenters. The monoisotopic (exact) mass is 391 g/mol. The third-order valence-corrected chi connectivity index (χ3v) is 11.6. The average Bonchev–Trinajstić information content (AvgIpc) is 2.80. The summed E-state index contributed by atoms with van der Waals surface area (Å²) in [7, 11) is -1.90. The molecular weight excluding hydrogens is 354 g/mol. The third kappa shape index (κ3) is 4.55. The maximum atomic E-state index is 10.1. The van der Waals surface area contributed by atoms with Crippen LogP contribution in [-0.2, 0) is 17.6 Å². The van der Waals surface area contributed by atoms with Crippen LogP contribution in [0, 0.1) is 0 Å². The molecule has 0 aliphatic carbocycles. The Hall–Kier alpha value is -1.37. The largest absolute Gasteiger partial charge is 0.412 e. The fourth-order valence-electron chi connectivity index (χ4n) is 4.55. The van der Waals surface area contributed by atoms with E-state index in [9.17, 15) is 5.11 Å². The normalized spacial score (nSPS) is 13.5. The number of aromatic nitrogens is 2. The highest BCUT2D eigenvalue weighted by Gasteiger charge is 2.44. The van der Waals surface area contributed by atoms with Crippen LogP contribution in [0.5, 0.6) is 0 Å². The van der Waals surface area contributed by atoms with Gasteiger partial charge >= 0.3 is 0 Å². The van der Waals surface area contributed by atoms with Crippen LogP contribution in [0.3, 0.4) is 0 Å². The van der Waals surface area contributed by atoms with Crippen LogP contribution >= 0.6 is 0 Å². The minimum Gasteiger partial charge on any atom is -0.412 e. The highest BCUT2D eigenvalue weighted by atomic mass is 28.4. The Morgan fingerprint density at radius 2 is 1.67 bits per heavy atom. The molecule has 5 nitrogen and oxygen atoms in total. The van der Waals surface area contributed by atoms with Gasteiger partial charge in [0.2, 0.25) is 14.3 Å². The zero-order valence-electron chi connectivity index (χ0n) is 18.2. The first kappa shape index (κ1) is 21.9. The molecule has 152 valence electrons. The topological polar surface area (TPSA) is 73.3 Å². The summed E-state index contributed by atoms with van der Waals surface area (Å²) in [5.41, 5.74) is 9.83. The molecule has 6 heteroatoms. The summed E-state index contributed by atoms with van der Waals surface area (Å²) < 4.78 is 8.57. The molecule has 0 saturated heterocycles. The summed E-state index contributed by atoms with van der Waals surface area (Å²) in [6.45, 7) is 18.4. The number of nitrogens with two attached hydrogens (primary N) is 1. The number of nitrogen functional groups attached to an aromatic ring is 1. The Kier molecular flexibility index (Phi) is 6.44. The van der Waals surface area contributed by atoms with Gasteiger partial charge in [-0.15, -0.1) is 0 Å². The maximum Gasteiger partial charge on any atom is 0.201 e. The lowest BCUT2D eigenvalue weighted by Gasteiger charge is -2.42. The molecule has 0 saturated carbocycles. The van der Waals surface area contributed by atoms with Gasteiger partial charge in [-0.2, -0.15) is 0 Å². The first-order valence-corrected chi connectivity index (χ1v) is 12.1. The van der Waals surface area contributed by atoms with Crippen molar-refractivity contribution in [3.8, 4) is 0 Å². The van der Waals surface area contributed by atoms with Crippen molar-refractivity contribution in [1.29, 1.82) is 0 Å². The molecule has 1 aromatic carbocycles. The lowest BCUT2D eigenvalue weighted by Crippen LogP contribution is -2.47. The highest BCUT2D eigenvalue weighted by Crippen LogP contribution is 2.42. The molecule has 0 atom stereocenters. The van der Waals surface area contributed by atoms with Crippen LogP contribution in [0.4, 0.5) is 5.95 Å². The van der Waals surface area contributed by atoms with Gasteiger partial charge in [-0.25, -0.2) is 4.98 Å². The first-order valence-electron chi connectivity index (χ1n) is 9.99. The van der Waals surface area contributed by atoms with Crippen molar-refractivity contribution < 1.29 is 9.53 Å². The molecule has 2 rings (SSSR count). The number of hydrogen-bond acceptors (Lipinski definition) is 4. The van der Waals surface area contributed by atoms with Gasteiger partial charge < -0.3 is 19.8 Å². The molecule has 0 spiro atoms. The predicted molar refractivity (Wildman–Crippen MR) is 116 cm³/mol. The first-order chi connectivity index (χ1) is 12.4. The number of anilines is 1. The van der Waals surface area contributed by atoms with Crippen molar-refractivity contribution in [3.63, 3.8) is 0 Å². The van der Waals surface area contributed by atoms with E-state index < -0.39 is 13.9 Å². The van der Waals surface area contributed by atoms with Crippen molar-refractivity contribution >= 4 is 25.3 Å². The number of imidazole rings is 1. The van der Waals surface area contributed by atoms with E-state index in [1.54, 1.807) is 13.8 Å². The van der Waals surface area contributed by atoms with Crippen molar-refractivity contribution in [2.75, 3.05) is 5.73 Å². The summed E-state index contributed by atoms with van der Waals surface area (Å²) in [6.07, 6.45) is 0. The van der Waals surface area contributed by atoms with Gasteiger partial charge in [0.25, 0.3) is 0 Å². The molecule has 0 aliphatic heterocycles. The van der Waals surface area contributed by atoms with E-state index in [0.29, 0.717) is 35.7 Å². The van der Waals surface area contributed by atoms with Gasteiger partial charge in [0, 0.05) is 0 Å². The molecule has 27 heavy (non-hydrogen) atoms. The summed E-state index contributed by atoms with van der Waals surface area (Å²) in [5.74, 6) is 0.431. The van der Waals surface area contributed by atoms with Crippen LogP contribution in [0.1, 0.15) is 61.0 Å². The second-order valence-electron chi connectivity index (χ2n) is 9.30. The van der Waals surface area contributed by atoms with Crippen molar-refractivity contribution in [3.05, 3.63) is 23.8 Å². The number of benzene rings is 1. The van der Waals surface area contributed by atoms with E-state index in [4.69, 9.17) is 10.2 Å². The highest BCUT2D eigenvalue weighted by molar-refractivity contribution is 6.77. The molecule has 1 heterocycles.